The summed E-state index contributed by atoms with van der Waals surface area (Å²) in [7, 11) is 2.18. The molecule has 0 radical (unpaired) electrons. The number of guanidine groups is 1. The van der Waals surface area contributed by atoms with Crippen LogP contribution in [0.2, 0.25) is 0 Å². The van der Waals surface area contributed by atoms with Crippen molar-refractivity contribution in [2.45, 2.75) is 58.1 Å². The van der Waals surface area contributed by atoms with Crippen molar-refractivity contribution in [2.75, 3.05) is 46.3 Å². The van der Waals surface area contributed by atoms with E-state index >= 15 is 0 Å². The molecular weight excluding hydrogens is 445 g/mol. The number of aliphatic imine (C=N–C) groups is 1. The molecule has 26 heavy (non-hydrogen) atoms. The molecular formula is C18H36IN5O2. The second-order valence-electron chi connectivity index (χ2n) is 8.11. The van der Waals surface area contributed by atoms with E-state index in [1.807, 2.05) is 20.8 Å². The zero-order chi connectivity index (χ0) is 18.4. The van der Waals surface area contributed by atoms with Crippen LogP contribution < -0.4 is 5.73 Å². The van der Waals surface area contributed by atoms with E-state index in [1.54, 1.807) is 4.90 Å². The lowest BCUT2D eigenvalue weighted by molar-refractivity contribution is 0.0186. The van der Waals surface area contributed by atoms with Gasteiger partial charge in [0.2, 0.25) is 0 Å². The van der Waals surface area contributed by atoms with Gasteiger partial charge in [0, 0.05) is 38.8 Å². The Balaban J connectivity index is 0.00000338. The van der Waals surface area contributed by atoms with Crippen LogP contribution in [0.15, 0.2) is 4.99 Å². The zero-order valence-electron chi connectivity index (χ0n) is 16.7. The lowest BCUT2D eigenvalue weighted by Gasteiger charge is -2.36. The molecule has 2 aliphatic rings. The molecule has 1 aliphatic heterocycles. The molecule has 1 saturated heterocycles. The van der Waals surface area contributed by atoms with Gasteiger partial charge < -0.3 is 25.2 Å². The minimum atomic E-state index is -0.458. The van der Waals surface area contributed by atoms with Crippen LogP contribution in [0.25, 0.3) is 0 Å². The van der Waals surface area contributed by atoms with E-state index in [0.717, 1.165) is 13.1 Å². The van der Waals surface area contributed by atoms with Crippen molar-refractivity contribution < 1.29 is 9.53 Å². The maximum atomic E-state index is 12.1. The highest BCUT2D eigenvalue weighted by atomic mass is 127. The monoisotopic (exact) mass is 481 g/mol. The van der Waals surface area contributed by atoms with E-state index in [9.17, 15) is 4.79 Å². The number of carbonyl (C=O) groups is 1. The molecule has 0 aromatic heterocycles. The summed E-state index contributed by atoms with van der Waals surface area (Å²) in [6.07, 6.45) is 5.07. The van der Waals surface area contributed by atoms with E-state index in [1.165, 1.54) is 25.7 Å². The number of hydrogen-bond acceptors (Lipinski definition) is 4. The number of rotatable bonds is 4. The standard InChI is InChI=1S/C18H35N5O2.HI/c1-18(2,3)25-17(24)23-13-11-22(12-14-23)16(19)20-9-10-21(4)15-7-5-6-8-15;/h15H,5-14H2,1-4H3,(H2,19,20);1H. The fourth-order valence-corrected chi connectivity index (χ4v) is 3.39. The minimum absolute atomic E-state index is 0. The summed E-state index contributed by atoms with van der Waals surface area (Å²) in [6.45, 7) is 9.96. The largest absolute Gasteiger partial charge is 0.444 e. The first-order chi connectivity index (χ1) is 11.8. The Morgan fingerprint density at radius 2 is 1.69 bits per heavy atom. The van der Waals surface area contributed by atoms with Crippen LogP contribution in [0.1, 0.15) is 46.5 Å². The maximum Gasteiger partial charge on any atom is 0.410 e. The third-order valence-corrected chi connectivity index (χ3v) is 4.93. The molecule has 0 bridgehead atoms. The van der Waals surface area contributed by atoms with Crippen LogP contribution in [0.5, 0.6) is 0 Å². The van der Waals surface area contributed by atoms with E-state index < -0.39 is 5.60 Å². The molecule has 1 aliphatic carbocycles. The quantitative estimate of drug-likeness (QED) is 0.379. The van der Waals surface area contributed by atoms with Crippen molar-refractivity contribution in [3.8, 4) is 0 Å². The number of amides is 1. The predicted octanol–water partition coefficient (Wildman–Crippen LogP) is 2.35. The van der Waals surface area contributed by atoms with Crippen LogP contribution in [-0.2, 0) is 4.74 Å². The normalized spacial score (nSPS) is 19.7. The topological polar surface area (TPSA) is 74.4 Å². The zero-order valence-corrected chi connectivity index (χ0v) is 19.1. The first-order valence-electron chi connectivity index (χ1n) is 9.49. The summed E-state index contributed by atoms with van der Waals surface area (Å²) in [5, 5.41) is 0. The summed E-state index contributed by atoms with van der Waals surface area (Å²) < 4.78 is 5.41. The number of carbonyl (C=O) groups excluding carboxylic acids is 1. The molecule has 1 heterocycles. The minimum Gasteiger partial charge on any atom is -0.444 e. The number of ether oxygens (including phenoxy) is 1. The molecule has 0 unspecified atom stereocenters. The third-order valence-electron chi connectivity index (χ3n) is 4.93. The first-order valence-corrected chi connectivity index (χ1v) is 9.49. The number of piperazine rings is 1. The van der Waals surface area contributed by atoms with E-state index in [2.05, 4.69) is 21.8 Å². The lowest BCUT2D eigenvalue weighted by atomic mass is 10.2. The van der Waals surface area contributed by atoms with Gasteiger partial charge in [0.25, 0.3) is 0 Å². The molecule has 2 N–H and O–H groups in total. The first kappa shape index (κ1) is 23.3. The van der Waals surface area contributed by atoms with Gasteiger partial charge in [-0.1, -0.05) is 12.8 Å². The fraction of sp³-hybridized carbons (Fsp3) is 0.889. The smallest absolute Gasteiger partial charge is 0.410 e. The SMILES string of the molecule is CN(CCN=C(N)N1CCN(C(=O)OC(C)(C)C)CC1)C1CCCC1.I. The summed E-state index contributed by atoms with van der Waals surface area (Å²) in [4.78, 5) is 22.8. The number of nitrogens with zero attached hydrogens (tertiary/aromatic N) is 4. The highest BCUT2D eigenvalue weighted by Gasteiger charge is 2.26. The van der Waals surface area contributed by atoms with Gasteiger partial charge in [-0.3, -0.25) is 4.99 Å². The molecule has 0 aromatic carbocycles. The van der Waals surface area contributed by atoms with Gasteiger partial charge in [0.15, 0.2) is 5.96 Å². The van der Waals surface area contributed by atoms with Gasteiger partial charge in [-0.25, -0.2) is 4.79 Å². The van der Waals surface area contributed by atoms with Crippen molar-refractivity contribution in [3.05, 3.63) is 0 Å². The Hall–Kier alpha value is -0.770. The Morgan fingerprint density at radius 1 is 1.15 bits per heavy atom. The van der Waals surface area contributed by atoms with E-state index in [4.69, 9.17) is 10.5 Å². The van der Waals surface area contributed by atoms with Gasteiger partial charge in [-0.2, -0.15) is 0 Å². The molecule has 0 atom stereocenters. The highest BCUT2D eigenvalue weighted by molar-refractivity contribution is 14.0. The number of hydrogen-bond donors (Lipinski definition) is 1. The third kappa shape index (κ3) is 7.46. The molecule has 152 valence electrons. The molecule has 0 spiro atoms. The molecule has 2 rings (SSSR count). The molecule has 0 aromatic rings. The summed E-state index contributed by atoms with van der Waals surface area (Å²) in [5.41, 5.74) is 5.68. The summed E-state index contributed by atoms with van der Waals surface area (Å²) in [6, 6.07) is 0.716. The summed E-state index contributed by atoms with van der Waals surface area (Å²) in [5.74, 6) is 0.587. The van der Waals surface area contributed by atoms with Gasteiger partial charge in [-0.15, -0.1) is 24.0 Å². The van der Waals surface area contributed by atoms with Crippen molar-refractivity contribution in [3.63, 3.8) is 0 Å². The average molecular weight is 481 g/mol. The van der Waals surface area contributed by atoms with Crippen molar-refractivity contribution in [1.29, 1.82) is 0 Å². The number of halogens is 1. The van der Waals surface area contributed by atoms with Gasteiger partial charge in [-0.05, 0) is 40.7 Å². The van der Waals surface area contributed by atoms with Crippen LogP contribution in [0.4, 0.5) is 4.79 Å². The Bertz CT molecular complexity index is 467. The van der Waals surface area contributed by atoms with Crippen LogP contribution in [0, 0.1) is 0 Å². The summed E-state index contributed by atoms with van der Waals surface area (Å²) >= 11 is 0. The van der Waals surface area contributed by atoms with Crippen molar-refractivity contribution in [2.24, 2.45) is 10.7 Å². The van der Waals surface area contributed by atoms with Crippen LogP contribution in [0.3, 0.4) is 0 Å². The van der Waals surface area contributed by atoms with Gasteiger partial charge in [0.05, 0.1) is 6.54 Å². The average Bonchev–Trinajstić information content (AvgIpc) is 3.07. The molecule has 8 heteroatoms. The molecule has 1 saturated carbocycles. The number of nitrogens with two attached hydrogens (primary N) is 1. The van der Waals surface area contributed by atoms with Crippen molar-refractivity contribution in [1.82, 2.24) is 14.7 Å². The lowest BCUT2D eigenvalue weighted by Crippen LogP contribution is -2.53. The second-order valence-corrected chi connectivity index (χ2v) is 8.11. The Kier molecular flexibility index (Phi) is 9.43. The Morgan fingerprint density at radius 3 is 2.23 bits per heavy atom. The van der Waals surface area contributed by atoms with Crippen LogP contribution >= 0.6 is 24.0 Å². The van der Waals surface area contributed by atoms with Gasteiger partial charge >= 0.3 is 6.09 Å². The maximum absolute atomic E-state index is 12.1. The Labute approximate surface area is 175 Å². The molecule has 2 fully saturated rings. The molecule has 1 amide bonds. The highest BCUT2D eigenvalue weighted by Crippen LogP contribution is 2.21. The number of likely N-dealkylation sites (N-methyl/N-ethyl adjacent to an activating group) is 1. The predicted molar refractivity (Wildman–Crippen MR) is 116 cm³/mol. The fourth-order valence-electron chi connectivity index (χ4n) is 3.39. The van der Waals surface area contributed by atoms with Crippen LogP contribution in [-0.4, -0.2) is 84.7 Å². The van der Waals surface area contributed by atoms with Crippen molar-refractivity contribution >= 4 is 36.0 Å². The van der Waals surface area contributed by atoms with Gasteiger partial charge in [0.1, 0.15) is 5.60 Å². The second kappa shape index (κ2) is 10.5. The molecule has 7 nitrogen and oxygen atoms in total. The van der Waals surface area contributed by atoms with E-state index in [-0.39, 0.29) is 30.1 Å². The van der Waals surface area contributed by atoms with E-state index in [0.29, 0.717) is 38.2 Å².